The van der Waals surface area contributed by atoms with E-state index in [0.29, 0.717) is 77.9 Å². The number of ether oxygens (including phenoxy) is 7. The zero-order chi connectivity index (χ0) is 48.6. The summed E-state index contributed by atoms with van der Waals surface area (Å²) in [4.78, 5) is 0. The monoisotopic (exact) mass is 933 g/mol. The van der Waals surface area contributed by atoms with Crippen LogP contribution in [0.2, 0.25) is 0 Å². The topological polar surface area (TPSA) is 64.6 Å². The van der Waals surface area contributed by atoms with Gasteiger partial charge in [0.25, 0.3) is 0 Å². The highest BCUT2D eigenvalue weighted by molar-refractivity contribution is 5.84. The third kappa shape index (κ3) is 11.8. The quantitative estimate of drug-likeness (QED) is 0.0530. The van der Waals surface area contributed by atoms with Crippen LogP contribution in [0.15, 0.2) is 133 Å². The first-order valence-corrected chi connectivity index (χ1v) is 25.2. The average Bonchev–Trinajstić information content (AvgIpc) is 3.82. The molecule has 0 radical (unpaired) electrons. The van der Waals surface area contributed by atoms with Crippen molar-refractivity contribution in [1.29, 1.82) is 0 Å². The van der Waals surface area contributed by atoms with Gasteiger partial charge in [0.15, 0.2) is 0 Å². The fourth-order valence-electron chi connectivity index (χ4n) is 10.4. The molecule has 0 saturated heterocycles. The number of aryl methyl sites for hydroxylation is 2. The van der Waals surface area contributed by atoms with Crippen LogP contribution in [0.3, 0.4) is 0 Å². The predicted octanol–water partition coefficient (Wildman–Crippen LogP) is 13.6. The molecular formula is C62H76O7. The lowest BCUT2D eigenvalue weighted by Crippen LogP contribution is -2.27. The van der Waals surface area contributed by atoms with Crippen molar-refractivity contribution < 1.29 is 33.2 Å². The first-order valence-electron chi connectivity index (χ1n) is 25.2. The number of hydrogen-bond donors (Lipinski definition) is 0. The van der Waals surface area contributed by atoms with Gasteiger partial charge in [0.2, 0.25) is 0 Å². The van der Waals surface area contributed by atoms with Crippen LogP contribution in [0, 0.1) is 25.7 Å². The van der Waals surface area contributed by atoms with E-state index in [-0.39, 0.29) is 10.8 Å². The number of rotatable bonds is 25. The van der Waals surface area contributed by atoms with Crippen LogP contribution in [-0.4, -0.2) is 80.3 Å². The van der Waals surface area contributed by atoms with E-state index in [1.807, 2.05) is 0 Å². The lowest BCUT2D eigenvalue weighted by molar-refractivity contribution is 0.0179. The summed E-state index contributed by atoms with van der Waals surface area (Å²) in [7, 11) is 3.35. The molecule has 7 nitrogen and oxygen atoms in total. The molecule has 0 saturated carbocycles. The molecule has 0 heterocycles. The summed E-state index contributed by atoms with van der Waals surface area (Å²) in [6, 6.07) is 49.3. The maximum atomic E-state index is 6.08. The van der Waals surface area contributed by atoms with Gasteiger partial charge < -0.3 is 33.2 Å². The van der Waals surface area contributed by atoms with E-state index in [4.69, 9.17) is 33.2 Å². The van der Waals surface area contributed by atoms with Crippen LogP contribution >= 0.6 is 0 Å². The fourth-order valence-corrected chi connectivity index (χ4v) is 10.4. The van der Waals surface area contributed by atoms with Crippen LogP contribution < -0.4 is 9.47 Å². The van der Waals surface area contributed by atoms with Crippen molar-refractivity contribution in [3.63, 3.8) is 0 Å². The van der Waals surface area contributed by atoms with Crippen molar-refractivity contribution in [3.05, 3.63) is 178 Å². The van der Waals surface area contributed by atoms with Gasteiger partial charge in [-0.2, -0.15) is 0 Å². The van der Waals surface area contributed by atoms with Crippen LogP contribution in [-0.2, 0) is 34.5 Å². The Morgan fingerprint density at radius 3 is 0.986 bits per heavy atom. The molecule has 2 aliphatic rings. The molecule has 0 aliphatic heterocycles. The highest BCUT2D eigenvalue weighted by Crippen LogP contribution is 2.57. The summed E-state index contributed by atoms with van der Waals surface area (Å²) in [5.41, 5.74) is 15.9. The van der Waals surface area contributed by atoms with E-state index in [1.165, 1.54) is 62.1 Å². The second-order valence-corrected chi connectivity index (χ2v) is 19.3. The molecule has 0 fully saturated rings. The van der Waals surface area contributed by atoms with Crippen molar-refractivity contribution in [2.75, 3.05) is 80.3 Å². The molecule has 69 heavy (non-hydrogen) atoms. The second kappa shape index (κ2) is 25.0. The number of benzene rings is 6. The summed E-state index contributed by atoms with van der Waals surface area (Å²) in [5, 5.41) is 0. The van der Waals surface area contributed by atoms with E-state index in [2.05, 4.69) is 175 Å². The number of hydrogen-bond acceptors (Lipinski definition) is 7. The highest BCUT2D eigenvalue weighted by atomic mass is 16.6. The molecule has 0 bridgehead atoms. The van der Waals surface area contributed by atoms with Crippen molar-refractivity contribution in [2.45, 2.75) is 78.1 Å². The molecule has 0 unspecified atom stereocenters. The van der Waals surface area contributed by atoms with Gasteiger partial charge in [-0.25, -0.2) is 0 Å². The molecule has 2 aliphatic carbocycles. The van der Waals surface area contributed by atoms with Gasteiger partial charge in [-0.05, 0) is 130 Å². The van der Waals surface area contributed by atoms with Gasteiger partial charge in [0.1, 0.15) is 24.7 Å². The first kappa shape index (κ1) is 51.6. The largest absolute Gasteiger partial charge is 0.491 e. The Morgan fingerprint density at radius 1 is 0.377 bits per heavy atom. The normalized spacial score (nSPS) is 13.7. The van der Waals surface area contributed by atoms with Gasteiger partial charge in [-0.15, -0.1) is 0 Å². The smallest absolute Gasteiger partial charge is 0.122 e. The minimum atomic E-state index is -0.146. The highest BCUT2D eigenvalue weighted by Gasteiger charge is 2.45. The molecule has 0 atom stereocenters. The molecule has 6 aromatic carbocycles. The Bertz CT molecular complexity index is 2450. The molecular weight excluding hydrogens is 857 g/mol. The van der Waals surface area contributed by atoms with Crippen molar-refractivity contribution >= 4 is 0 Å². The predicted molar refractivity (Wildman–Crippen MR) is 281 cm³/mol. The molecule has 0 N–H and O–H groups in total. The summed E-state index contributed by atoms with van der Waals surface area (Å²) < 4.78 is 38.7. The van der Waals surface area contributed by atoms with Gasteiger partial charge in [-0.3, -0.25) is 0 Å². The van der Waals surface area contributed by atoms with Crippen LogP contribution in [0.25, 0.3) is 22.3 Å². The zero-order valence-corrected chi connectivity index (χ0v) is 42.6. The van der Waals surface area contributed by atoms with Crippen LogP contribution in [0.4, 0.5) is 0 Å². The molecule has 366 valence electrons. The number of fused-ring (bicyclic) bond motifs is 6. The third-order valence-corrected chi connectivity index (χ3v) is 13.9. The van der Waals surface area contributed by atoms with E-state index < -0.39 is 0 Å². The summed E-state index contributed by atoms with van der Waals surface area (Å²) >= 11 is 0. The molecule has 0 spiro atoms. The van der Waals surface area contributed by atoms with E-state index in [0.717, 1.165) is 41.9 Å². The Kier molecular flexibility index (Phi) is 18.7. The van der Waals surface area contributed by atoms with Crippen molar-refractivity contribution in [1.82, 2.24) is 0 Å². The van der Waals surface area contributed by atoms with Crippen LogP contribution in [0.5, 0.6) is 11.5 Å². The summed E-state index contributed by atoms with van der Waals surface area (Å²) in [6.07, 6.45) is 4.50. The summed E-state index contributed by atoms with van der Waals surface area (Å²) in [6.45, 7) is 19.2. The Labute approximate surface area is 413 Å². The molecule has 7 heteroatoms. The number of methoxy groups -OCH3 is 2. The van der Waals surface area contributed by atoms with E-state index >= 15 is 0 Å². The Hall–Kier alpha value is -5.28. The molecule has 0 aromatic heterocycles. The maximum absolute atomic E-state index is 6.08. The molecule has 0 amide bonds. The van der Waals surface area contributed by atoms with Crippen LogP contribution in [0.1, 0.15) is 97.9 Å². The lowest BCUT2D eigenvalue weighted by Gasteiger charge is -2.34. The van der Waals surface area contributed by atoms with Gasteiger partial charge >= 0.3 is 0 Å². The lowest BCUT2D eigenvalue weighted by atomic mass is 9.68. The molecule has 6 aromatic rings. The first-order chi connectivity index (χ1) is 33.6. The molecule has 8 rings (SSSR count). The summed E-state index contributed by atoms with van der Waals surface area (Å²) in [5.74, 6) is 3.12. The zero-order valence-electron chi connectivity index (χ0n) is 42.6. The minimum absolute atomic E-state index is 0.135. The SMILES string of the molecule is COCCOCCOCCOc1ccc(C2(CCC(C)C)c3ccccc3-c3ccccc32)cc1C.COCCOCCOc1ccc(C2(CCC(C)C)c3ccccc3-c3ccccc32)cc1C. The van der Waals surface area contributed by atoms with E-state index in [1.54, 1.807) is 14.2 Å². The Balaban J connectivity index is 0.000000205. The third-order valence-electron chi connectivity index (χ3n) is 13.9. The fraction of sp³-hybridized carbons (Fsp3) is 0.419. The standard InChI is InChI=1S/C32H40O4.C30H36O3/c1-24(2)15-16-32(29-11-7-5-9-27(29)28-10-6-8-12-30(28)32)26-13-14-31(25(3)23-26)36-22-21-35-20-19-34-18-17-33-4;1-22(2)15-16-30(27-11-7-5-9-25(27)26-10-6-8-12-28(26)30)24-13-14-29(23(3)21-24)33-20-19-32-18-17-31-4/h5-14,23-24H,15-22H2,1-4H3;5-14,21-22H,15-20H2,1-4H3. The van der Waals surface area contributed by atoms with Gasteiger partial charge in [0, 0.05) is 25.0 Å². The second-order valence-electron chi connectivity index (χ2n) is 19.3. The van der Waals surface area contributed by atoms with Crippen molar-refractivity contribution in [3.8, 4) is 33.8 Å². The van der Waals surface area contributed by atoms with Gasteiger partial charge in [0.05, 0.1) is 52.9 Å². The minimum Gasteiger partial charge on any atom is -0.491 e. The van der Waals surface area contributed by atoms with Crippen molar-refractivity contribution in [2.24, 2.45) is 11.8 Å². The average molecular weight is 933 g/mol. The van der Waals surface area contributed by atoms with Gasteiger partial charge in [-0.1, -0.05) is 149 Å². The maximum Gasteiger partial charge on any atom is 0.122 e. The Morgan fingerprint density at radius 2 is 0.681 bits per heavy atom. The van der Waals surface area contributed by atoms with E-state index in [9.17, 15) is 0 Å².